The molecule has 0 aliphatic rings. The molecule has 50 heavy (non-hydrogen) atoms. The van der Waals surface area contributed by atoms with E-state index >= 15 is 0 Å². The minimum absolute atomic E-state index is 0.862. The number of fused-ring (bicyclic) bond motifs is 9. The molecule has 0 atom stereocenters. The van der Waals surface area contributed by atoms with Gasteiger partial charge >= 0.3 is 0 Å². The largest absolute Gasteiger partial charge is 0.316 e. The average Bonchev–Trinajstić information content (AvgIpc) is 3.95. The first kappa shape index (κ1) is 27.1. The molecular formula is C45H29N5. The van der Waals surface area contributed by atoms with Gasteiger partial charge in [-0.25, -0.2) is 4.98 Å². The molecule has 5 aromatic heterocycles. The van der Waals surface area contributed by atoms with Gasteiger partial charge in [-0.15, -0.1) is 0 Å². The predicted octanol–water partition coefficient (Wildman–Crippen LogP) is 11.1. The van der Waals surface area contributed by atoms with Crippen molar-refractivity contribution in [1.29, 1.82) is 0 Å². The summed E-state index contributed by atoms with van der Waals surface area (Å²) < 4.78 is 9.29. The molecule has 11 aromatic rings. The van der Waals surface area contributed by atoms with Crippen molar-refractivity contribution in [1.82, 2.24) is 23.1 Å². The monoisotopic (exact) mass is 639 g/mol. The van der Waals surface area contributed by atoms with Crippen LogP contribution in [0.5, 0.6) is 0 Å². The number of benzene rings is 6. The number of para-hydroxylation sites is 5. The van der Waals surface area contributed by atoms with Gasteiger partial charge in [0.1, 0.15) is 5.69 Å². The van der Waals surface area contributed by atoms with Crippen molar-refractivity contribution >= 4 is 60.0 Å². The Balaban J connectivity index is 1.26. The summed E-state index contributed by atoms with van der Waals surface area (Å²) in [5.41, 5.74) is 11.1. The Morgan fingerprint density at radius 3 is 1.76 bits per heavy atom. The van der Waals surface area contributed by atoms with Gasteiger partial charge in [-0.3, -0.25) is 8.97 Å². The molecule has 0 radical (unpaired) electrons. The Bertz CT molecular complexity index is 3080. The molecule has 0 aliphatic carbocycles. The van der Waals surface area contributed by atoms with Crippen LogP contribution in [0.4, 0.5) is 0 Å². The molecule has 0 bridgehead atoms. The lowest BCUT2D eigenvalue weighted by Gasteiger charge is -2.10. The maximum atomic E-state index is 5.63. The van der Waals surface area contributed by atoms with E-state index in [9.17, 15) is 0 Å². The molecule has 234 valence electrons. The third-order valence-corrected chi connectivity index (χ3v) is 10.2. The summed E-state index contributed by atoms with van der Waals surface area (Å²) in [4.78, 5) is 5.63. The molecule has 11 rings (SSSR count). The molecule has 5 nitrogen and oxygen atoms in total. The van der Waals surface area contributed by atoms with Crippen LogP contribution in [0.15, 0.2) is 176 Å². The number of pyridine rings is 1. The Hall–Kier alpha value is -6.85. The highest BCUT2D eigenvalue weighted by molar-refractivity contribution is 6.19. The molecule has 0 spiro atoms. The standard InChI is InChI=1S/C45H29N5/c1-3-14-30(15-4-1)47-29-27-36-38(47)26-25-35-33-19-8-10-23-40(33)50(43(35)36)45-46-42(41-24-11-12-28-48(41)45)37-21-13-20-34-32-18-7-9-22-39(32)49(44(34)37)31-16-5-2-6-17-31/h1-29H. The summed E-state index contributed by atoms with van der Waals surface area (Å²) in [6, 6.07) is 58.4. The lowest BCUT2D eigenvalue weighted by atomic mass is 10.1. The topological polar surface area (TPSA) is 32.1 Å². The van der Waals surface area contributed by atoms with Crippen molar-refractivity contribution < 1.29 is 0 Å². The molecule has 6 aromatic carbocycles. The van der Waals surface area contributed by atoms with Crippen molar-refractivity contribution in [2.24, 2.45) is 0 Å². The van der Waals surface area contributed by atoms with Crippen molar-refractivity contribution in [2.45, 2.75) is 0 Å². The summed E-state index contributed by atoms with van der Waals surface area (Å²) in [6.07, 6.45) is 4.32. The van der Waals surface area contributed by atoms with E-state index in [2.05, 4.69) is 194 Å². The second kappa shape index (κ2) is 10.3. The Kier molecular flexibility index (Phi) is 5.60. The second-order valence-corrected chi connectivity index (χ2v) is 12.9. The number of hydrogen-bond donors (Lipinski definition) is 0. The number of rotatable bonds is 4. The Labute approximate surface area is 287 Å². The van der Waals surface area contributed by atoms with Gasteiger partial charge in [-0.2, -0.15) is 0 Å². The van der Waals surface area contributed by atoms with Crippen LogP contribution < -0.4 is 0 Å². The van der Waals surface area contributed by atoms with E-state index in [-0.39, 0.29) is 0 Å². The Morgan fingerprint density at radius 2 is 0.980 bits per heavy atom. The van der Waals surface area contributed by atoms with Crippen LogP contribution in [-0.4, -0.2) is 23.1 Å². The number of imidazole rings is 1. The fourth-order valence-electron chi connectivity index (χ4n) is 8.13. The molecule has 5 heterocycles. The van der Waals surface area contributed by atoms with Crippen molar-refractivity contribution in [3.05, 3.63) is 176 Å². The first-order valence-electron chi connectivity index (χ1n) is 17.0. The van der Waals surface area contributed by atoms with Crippen LogP contribution in [0, 0.1) is 0 Å². The lowest BCUT2D eigenvalue weighted by Crippen LogP contribution is -2.01. The van der Waals surface area contributed by atoms with Crippen LogP contribution in [0.1, 0.15) is 0 Å². The fourth-order valence-corrected chi connectivity index (χ4v) is 8.13. The van der Waals surface area contributed by atoms with Gasteiger partial charge in [0.15, 0.2) is 0 Å². The smallest absolute Gasteiger partial charge is 0.220 e. The molecule has 0 N–H and O–H groups in total. The van der Waals surface area contributed by atoms with Crippen LogP contribution >= 0.6 is 0 Å². The van der Waals surface area contributed by atoms with Crippen LogP contribution in [0.25, 0.3) is 88.6 Å². The number of nitrogens with zero attached hydrogens (tertiary/aromatic N) is 5. The van der Waals surface area contributed by atoms with E-state index in [1.165, 1.54) is 32.4 Å². The average molecular weight is 640 g/mol. The quantitative estimate of drug-likeness (QED) is 0.189. The van der Waals surface area contributed by atoms with Crippen molar-refractivity contribution in [3.8, 4) is 28.6 Å². The van der Waals surface area contributed by atoms with E-state index in [0.29, 0.717) is 0 Å². The maximum absolute atomic E-state index is 5.63. The van der Waals surface area contributed by atoms with Gasteiger partial charge in [0.25, 0.3) is 0 Å². The zero-order valence-electron chi connectivity index (χ0n) is 27.0. The molecule has 0 aliphatic heterocycles. The lowest BCUT2D eigenvalue weighted by molar-refractivity contribution is 0.986. The van der Waals surface area contributed by atoms with E-state index in [1.807, 2.05) is 0 Å². The van der Waals surface area contributed by atoms with Crippen LogP contribution in [-0.2, 0) is 0 Å². The van der Waals surface area contributed by atoms with E-state index in [1.54, 1.807) is 0 Å². The van der Waals surface area contributed by atoms with Gasteiger partial charge in [-0.05, 0) is 60.7 Å². The number of aromatic nitrogens is 5. The molecule has 0 saturated carbocycles. The maximum Gasteiger partial charge on any atom is 0.220 e. The third kappa shape index (κ3) is 3.69. The van der Waals surface area contributed by atoms with Crippen molar-refractivity contribution in [2.75, 3.05) is 0 Å². The summed E-state index contributed by atoms with van der Waals surface area (Å²) in [5.74, 6) is 0.862. The van der Waals surface area contributed by atoms with Crippen molar-refractivity contribution in [3.63, 3.8) is 0 Å². The number of hydrogen-bond acceptors (Lipinski definition) is 1. The summed E-state index contributed by atoms with van der Waals surface area (Å²) in [5, 5.41) is 6.03. The second-order valence-electron chi connectivity index (χ2n) is 12.9. The fraction of sp³-hybridized carbons (Fsp3) is 0. The van der Waals surface area contributed by atoms with Gasteiger partial charge in [-0.1, -0.05) is 103 Å². The van der Waals surface area contributed by atoms with Crippen LogP contribution in [0.3, 0.4) is 0 Å². The zero-order chi connectivity index (χ0) is 32.8. The summed E-state index contributed by atoms with van der Waals surface area (Å²) in [6.45, 7) is 0. The predicted molar refractivity (Wildman–Crippen MR) is 206 cm³/mol. The van der Waals surface area contributed by atoms with Gasteiger partial charge in [0.05, 0.1) is 33.1 Å². The molecule has 0 unspecified atom stereocenters. The van der Waals surface area contributed by atoms with E-state index in [0.717, 1.165) is 56.2 Å². The van der Waals surface area contributed by atoms with Gasteiger partial charge in [0, 0.05) is 56.3 Å². The summed E-state index contributed by atoms with van der Waals surface area (Å²) in [7, 11) is 0. The minimum atomic E-state index is 0.862. The molecule has 0 amide bonds. The SMILES string of the molecule is c1ccc(-n2ccc3c2ccc2c4ccccc4n(-c4nc(-c5cccc6c7ccccc7n(-c7ccccc7)c56)c5ccccn45)c23)cc1. The van der Waals surface area contributed by atoms with E-state index in [4.69, 9.17) is 4.98 Å². The molecule has 0 fully saturated rings. The van der Waals surface area contributed by atoms with E-state index < -0.39 is 0 Å². The van der Waals surface area contributed by atoms with Gasteiger partial charge < -0.3 is 9.13 Å². The highest BCUT2D eigenvalue weighted by atomic mass is 15.2. The highest BCUT2D eigenvalue weighted by Crippen LogP contribution is 2.42. The van der Waals surface area contributed by atoms with Gasteiger partial charge in [0.2, 0.25) is 5.95 Å². The Morgan fingerprint density at radius 1 is 0.360 bits per heavy atom. The first-order chi connectivity index (χ1) is 24.8. The zero-order valence-corrected chi connectivity index (χ0v) is 27.0. The van der Waals surface area contributed by atoms with Crippen LogP contribution in [0.2, 0.25) is 0 Å². The highest BCUT2D eigenvalue weighted by Gasteiger charge is 2.24. The summed E-state index contributed by atoms with van der Waals surface area (Å²) >= 11 is 0. The molecular weight excluding hydrogens is 611 g/mol. The molecule has 0 saturated heterocycles. The first-order valence-corrected chi connectivity index (χ1v) is 17.0. The third-order valence-electron chi connectivity index (χ3n) is 10.2. The normalized spacial score (nSPS) is 12.0. The minimum Gasteiger partial charge on any atom is -0.316 e. The molecule has 5 heteroatoms.